The average molecular weight is 529 g/mol. The van der Waals surface area contributed by atoms with Gasteiger partial charge in [0.15, 0.2) is 0 Å². The van der Waals surface area contributed by atoms with Gasteiger partial charge in [-0.1, -0.05) is 0 Å². The second kappa shape index (κ2) is 9.41. The Morgan fingerprint density at radius 1 is 0.875 bits per heavy atom. The molecule has 2 heteroatoms. The molecule has 0 unspecified atom stereocenters. The molecule has 0 radical (unpaired) electrons. The summed E-state index contributed by atoms with van der Waals surface area (Å²) in [6.07, 6.45) is 1.43. The Labute approximate surface area is 197 Å². The van der Waals surface area contributed by atoms with E-state index in [9.17, 15) is 5.11 Å². The maximum atomic E-state index is 12.0. The summed E-state index contributed by atoms with van der Waals surface area (Å²) in [6, 6.07) is 33.0. The Bertz CT molecular complexity index is 991. The predicted molar refractivity (Wildman–Crippen MR) is 139 cm³/mol. The van der Waals surface area contributed by atoms with Gasteiger partial charge in [-0.25, -0.2) is 0 Å². The van der Waals surface area contributed by atoms with E-state index >= 15 is 0 Å². The number of aliphatic hydroxyl groups is 1. The SMILES string of the molecule is C=C(C)C[C@@]1(O)C[C@H](C)[C@H](C)/C1=[CH]/[Sn]([c]1ccccc1)([c]1ccccc1)[c]1ccccc1. The second-order valence-corrected chi connectivity index (χ2v) is 20.0. The van der Waals surface area contributed by atoms with Gasteiger partial charge in [0.1, 0.15) is 0 Å². The van der Waals surface area contributed by atoms with Crippen LogP contribution < -0.4 is 10.7 Å². The molecule has 32 heavy (non-hydrogen) atoms. The molecule has 0 bridgehead atoms. The van der Waals surface area contributed by atoms with Crippen LogP contribution in [0.2, 0.25) is 0 Å². The fraction of sp³-hybridized carbons (Fsp3) is 0.267. The van der Waals surface area contributed by atoms with E-state index in [2.05, 4.69) is 116 Å². The van der Waals surface area contributed by atoms with Gasteiger partial charge in [-0.15, -0.1) is 0 Å². The second-order valence-electron chi connectivity index (χ2n) is 9.64. The Morgan fingerprint density at radius 3 is 1.66 bits per heavy atom. The third-order valence-corrected chi connectivity index (χ3v) is 20.0. The van der Waals surface area contributed by atoms with Crippen LogP contribution in [0.3, 0.4) is 0 Å². The molecular formula is C30H34OSn. The van der Waals surface area contributed by atoms with Crippen molar-refractivity contribution in [3.8, 4) is 0 Å². The summed E-state index contributed by atoms with van der Waals surface area (Å²) in [5.41, 5.74) is 1.45. The summed E-state index contributed by atoms with van der Waals surface area (Å²) in [5.74, 6) is 0.781. The van der Waals surface area contributed by atoms with Crippen molar-refractivity contribution in [2.75, 3.05) is 0 Å². The third-order valence-electron chi connectivity index (χ3n) is 7.19. The van der Waals surface area contributed by atoms with Crippen LogP contribution in [0.15, 0.2) is 113 Å². The first kappa shape index (κ1) is 23.1. The predicted octanol–water partition coefficient (Wildman–Crippen LogP) is 5.00. The minimum absolute atomic E-state index is 0.339. The number of hydrogen-bond donors (Lipinski definition) is 1. The minimum atomic E-state index is -3.60. The fourth-order valence-corrected chi connectivity index (χ4v) is 18.9. The van der Waals surface area contributed by atoms with Crippen LogP contribution in [0.25, 0.3) is 0 Å². The van der Waals surface area contributed by atoms with E-state index in [0.29, 0.717) is 18.3 Å². The monoisotopic (exact) mass is 530 g/mol. The maximum absolute atomic E-state index is 12.0. The topological polar surface area (TPSA) is 20.2 Å². The Morgan fingerprint density at radius 2 is 1.28 bits per heavy atom. The quantitative estimate of drug-likeness (QED) is 0.353. The van der Waals surface area contributed by atoms with E-state index in [0.717, 1.165) is 12.0 Å². The Kier molecular flexibility index (Phi) is 6.78. The van der Waals surface area contributed by atoms with Crippen molar-refractivity contribution in [2.24, 2.45) is 11.8 Å². The van der Waals surface area contributed by atoms with E-state index in [1.54, 1.807) is 0 Å². The molecule has 0 aliphatic heterocycles. The molecule has 0 spiro atoms. The molecule has 3 atom stereocenters. The van der Waals surface area contributed by atoms with Crippen LogP contribution in [0.5, 0.6) is 0 Å². The first-order valence-electron chi connectivity index (χ1n) is 11.6. The molecular weight excluding hydrogens is 495 g/mol. The van der Waals surface area contributed by atoms with E-state index in [1.165, 1.54) is 16.3 Å². The van der Waals surface area contributed by atoms with Gasteiger partial charge in [-0.2, -0.15) is 0 Å². The van der Waals surface area contributed by atoms with Gasteiger partial charge in [-0.3, -0.25) is 0 Å². The van der Waals surface area contributed by atoms with Crippen LogP contribution in [0.1, 0.15) is 33.6 Å². The van der Waals surface area contributed by atoms with Crippen LogP contribution in [-0.2, 0) is 0 Å². The zero-order valence-electron chi connectivity index (χ0n) is 19.5. The first-order valence-corrected chi connectivity index (χ1v) is 17.6. The average Bonchev–Trinajstić information content (AvgIpc) is 3.00. The molecule has 0 amide bonds. The summed E-state index contributed by atoms with van der Waals surface area (Å²) in [7, 11) is 0. The normalized spacial score (nSPS) is 24.6. The molecule has 164 valence electrons. The van der Waals surface area contributed by atoms with Crippen LogP contribution in [-0.4, -0.2) is 29.1 Å². The van der Waals surface area contributed by atoms with Gasteiger partial charge < -0.3 is 0 Å². The van der Waals surface area contributed by atoms with Gasteiger partial charge >= 0.3 is 198 Å². The van der Waals surface area contributed by atoms with Crippen LogP contribution in [0, 0.1) is 11.8 Å². The molecule has 1 aliphatic carbocycles. The van der Waals surface area contributed by atoms with E-state index < -0.39 is 24.0 Å². The van der Waals surface area contributed by atoms with E-state index in [-0.39, 0.29) is 0 Å². The molecule has 0 aromatic heterocycles. The van der Waals surface area contributed by atoms with Crippen molar-refractivity contribution in [2.45, 2.75) is 39.2 Å². The van der Waals surface area contributed by atoms with Crippen molar-refractivity contribution in [3.05, 3.63) is 113 Å². The van der Waals surface area contributed by atoms with Crippen LogP contribution >= 0.6 is 0 Å². The molecule has 1 N–H and O–H groups in total. The van der Waals surface area contributed by atoms with E-state index in [1.807, 2.05) is 6.92 Å². The van der Waals surface area contributed by atoms with Gasteiger partial charge in [0.25, 0.3) is 0 Å². The number of hydrogen-bond acceptors (Lipinski definition) is 1. The molecule has 1 nitrogen and oxygen atoms in total. The first-order chi connectivity index (χ1) is 15.4. The Balaban J connectivity index is 2.07. The van der Waals surface area contributed by atoms with Crippen LogP contribution in [0.4, 0.5) is 0 Å². The zero-order chi connectivity index (χ0) is 22.8. The summed E-state index contributed by atoms with van der Waals surface area (Å²) in [5, 5.41) is 12.0. The molecule has 1 aliphatic rings. The molecule has 4 rings (SSSR count). The van der Waals surface area contributed by atoms with Gasteiger partial charge in [0, 0.05) is 0 Å². The molecule has 1 saturated carbocycles. The van der Waals surface area contributed by atoms with Gasteiger partial charge in [0.05, 0.1) is 0 Å². The third kappa shape index (κ3) is 4.25. The molecule has 3 aromatic carbocycles. The molecule has 1 fully saturated rings. The summed E-state index contributed by atoms with van der Waals surface area (Å²) >= 11 is -3.60. The number of benzene rings is 3. The summed E-state index contributed by atoms with van der Waals surface area (Å²) in [6.45, 7) is 10.8. The zero-order valence-corrected chi connectivity index (χ0v) is 22.3. The summed E-state index contributed by atoms with van der Waals surface area (Å²) < 4.78 is 6.83. The van der Waals surface area contributed by atoms with Crippen molar-refractivity contribution in [1.29, 1.82) is 0 Å². The van der Waals surface area contributed by atoms with Gasteiger partial charge in [-0.05, 0) is 0 Å². The van der Waals surface area contributed by atoms with Crippen molar-refractivity contribution in [3.63, 3.8) is 0 Å². The molecule has 0 saturated heterocycles. The van der Waals surface area contributed by atoms with Crippen molar-refractivity contribution in [1.82, 2.24) is 0 Å². The standard InChI is InChI=1S/C12H19O.3C6H5.Sn/c1-8(2)6-12(13)7-9(3)10(4)11(12)5;3*1-2-4-6-5-3-1;/h5,9-10,13H,1,6-7H2,2-4H3;3*1-5H;/t9-,10-,12+;;;;/m0..../s1. The van der Waals surface area contributed by atoms with Crippen molar-refractivity contribution < 1.29 is 5.11 Å². The summed E-state index contributed by atoms with van der Waals surface area (Å²) in [4.78, 5) is 0. The van der Waals surface area contributed by atoms with Gasteiger partial charge in [0.2, 0.25) is 0 Å². The molecule has 3 aromatic rings. The van der Waals surface area contributed by atoms with Crippen molar-refractivity contribution >= 4 is 29.1 Å². The Hall–Kier alpha value is -2.10. The number of rotatable bonds is 6. The fourth-order valence-electron chi connectivity index (χ4n) is 5.58. The molecule has 0 heterocycles. The van der Waals surface area contributed by atoms with E-state index in [4.69, 9.17) is 0 Å².